The number of carbonyl (C=O) groups excluding carboxylic acids is 6. The fourth-order valence-electron chi connectivity index (χ4n) is 1.27. The Labute approximate surface area is 289 Å². The van der Waals surface area contributed by atoms with Crippen LogP contribution in [0.3, 0.4) is 0 Å². The summed E-state index contributed by atoms with van der Waals surface area (Å²) in [5.74, 6) is -8.82. The van der Waals surface area contributed by atoms with Gasteiger partial charge in [0, 0.05) is 11.9 Å². The molecule has 0 aliphatic rings. The minimum Gasteiger partial charge on any atom is -0.550 e. The number of carbonyl (C=O) groups is 6. The molecule has 2 aromatic heterocycles. The second-order valence-electron chi connectivity index (χ2n) is 4.73. The minimum absolute atomic E-state index is 0. The summed E-state index contributed by atoms with van der Waals surface area (Å²) in [6.45, 7) is 0. The van der Waals surface area contributed by atoms with Crippen LogP contribution in [0.4, 0.5) is 0 Å². The van der Waals surface area contributed by atoms with E-state index in [1.165, 1.54) is 0 Å². The van der Waals surface area contributed by atoms with Crippen LogP contribution in [0.15, 0.2) is 12.1 Å². The maximum atomic E-state index is 10.0. The molecule has 0 atom stereocenters. The van der Waals surface area contributed by atoms with Crippen molar-refractivity contribution in [3.8, 4) is 0 Å². The number of aliphatic carboxylic acids is 2. The quantitative estimate of drug-likeness (QED) is 0.260. The van der Waals surface area contributed by atoms with E-state index in [9.17, 15) is 59.4 Å². The maximum absolute atomic E-state index is 10.0. The van der Waals surface area contributed by atoms with Crippen molar-refractivity contribution in [2.24, 2.45) is 0 Å². The molecule has 0 spiro atoms. The van der Waals surface area contributed by atoms with Crippen LogP contribution in [0.5, 0.6) is 0 Å². The number of aromatic nitrogens is 4. The SMILES string of the molecule is O.O.O.O.O.O.O.O.O.O.O=C([O-])CCC(=O)[O-].O=C([O-])c1cc(C(=O)[O-])[nH]n1.O=C([O-])c1cc(C(=O)[O-])[nH]n1.[Tm+3].[Tm+3]. The summed E-state index contributed by atoms with van der Waals surface area (Å²) in [4.78, 5) is 59.1. The predicted octanol–water partition coefficient (Wildman–Crippen LogP) is -16.7. The molecule has 0 fully saturated rings. The molecule has 0 aliphatic heterocycles. The fraction of sp³-hybridized carbons (Fsp3) is 0.143. The number of carboxylic acid groups (broad SMARTS) is 6. The van der Waals surface area contributed by atoms with E-state index >= 15 is 0 Å². The van der Waals surface area contributed by atoms with E-state index in [1.54, 1.807) is 0 Å². The van der Waals surface area contributed by atoms with Gasteiger partial charge in [-0.15, -0.1) is 0 Å². The molecule has 0 aromatic carbocycles. The third kappa shape index (κ3) is 37.3. The standard InChI is InChI=1S/2C5H4N2O4.C4H6O4.10H2O.2Tm/c2*8-4(9)2-1-3(5(10)11)7-6-2;5-3(6)1-2-4(7)8;;;;;;;;;;;;/h2*1H,(H,6,7)(H,8,9)(H,10,11);1-2H2,(H,5,6)(H,7,8);10*1H2;;/q;;;;;;;;;;;;;2*+3/p-6. The van der Waals surface area contributed by atoms with Crippen LogP contribution in [-0.4, -0.2) is 111 Å². The normalized spacial score (nSPS) is 6.57. The van der Waals surface area contributed by atoms with Gasteiger partial charge in [-0.25, -0.2) is 0 Å². The third-order valence-corrected chi connectivity index (χ3v) is 2.55. The minimum atomic E-state index is -1.53. The van der Waals surface area contributed by atoms with Crippen molar-refractivity contribution >= 4 is 35.8 Å². The predicted molar refractivity (Wildman–Crippen MR) is 110 cm³/mol. The second kappa shape index (κ2) is 42.8. The summed E-state index contributed by atoms with van der Waals surface area (Å²) < 4.78 is 0. The van der Waals surface area contributed by atoms with Crippen LogP contribution >= 0.6 is 0 Å². The number of rotatable bonds is 7. The van der Waals surface area contributed by atoms with Gasteiger partial charge in [-0.2, -0.15) is 10.2 Å². The first-order chi connectivity index (χ1) is 13.8. The van der Waals surface area contributed by atoms with E-state index < -0.39 is 60.0 Å². The zero-order chi connectivity index (χ0) is 23.4. The second-order valence-corrected chi connectivity index (χ2v) is 4.73. The van der Waals surface area contributed by atoms with E-state index in [1.807, 2.05) is 10.2 Å². The molecule has 0 bridgehead atoms. The summed E-state index contributed by atoms with van der Waals surface area (Å²) in [5, 5.41) is 69.3. The van der Waals surface area contributed by atoms with Crippen molar-refractivity contribution in [1.82, 2.24) is 20.4 Å². The van der Waals surface area contributed by atoms with E-state index in [2.05, 4.69) is 10.2 Å². The summed E-state index contributed by atoms with van der Waals surface area (Å²) in [5.41, 5.74) is -1.68. The number of hydrogen-bond donors (Lipinski definition) is 2. The third-order valence-electron chi connectivity index (χ3n) is 2.55. The number of hydrogen-bond acceptors (Lipinski definition) is 14. The van der Waals surface area contributed by atoms with E-state index in [4.69, 9.17) is 0 Å². The largest absolute Gasteiger partial charge is 3.00 e. The van der Waals surface area contributed by atoms with Crippen LogP contribution in [0.2, 0.25) is 0 Å². The van der Waals surface area contributed by atoms with Gasteiger partial charge in [0.15, 0.2) is 0 Å². The smallest absolute Gasteiger partial charge is 0.550 e. The summed E-state index contributed by atoms with van der Waals surface area (Å²) in [6, 6.07) is 1.65. The van der Waals surface area contributed by atoms with Gasteiger partial charge in [-0.3, -0.25) is 10.2 Å². The molecular weight excluding hydrogens is 914 g/mol. The summed E-state index contributed by atoms with van der Waals surface area (Å²) >= 11 is 0. The molecule has 22 N–H and O–H groups in total. The first kappa shape index (κ1) is 83.3. The molecule has 28 heteroatoms. The Hall–Kier alpha value is -2.69. The average molecular weight is 942 g/mol. The van der Waals surface area contributed by atoms with Crippen LogP contribution in [0.1, 0.15) is 54.8 Å². The van der Waals surface area contributed by atoms with Gasteiger partial charge in [0.05, 0.1) is 35.3 Å². The number of aromatic carboxylic acids is 4. The fourth-order valence-corrected chi connectivity index (χ4v) is 1.27. The van der Waals surface area contributed by atoms with E-state index in [0.29, 0.717) is 0 Å². The molecule has 42 heavy (non-hydrogen) atoms. The molecule has 26 nitrogen and oxygen atoms in total. The number of carboxylic acids is 6. The molecule has 0 amide bonds. The van der Waals surface area contributed by atoms with E-state index in [0.717, 1.165) is 12.1 Å². The molecule has 2 rings (SSSR count). The van der Waals surface area contributed by atoms with Gasteiger partial charge in [-0.1, -0.05) is 0 Å². The number of H-pyrrole nitrogens is 2. The maximum Gasteiger partial charge on any atom is 3.00 e. The van der Waals surface area contributed by atoms with Crippen molar-refractivity contribution in [3.63, 3.8) is 0 Å². The van der Waals surface area contributed by atoms with Gasteiger partial charge < -0.3 is 114 Å². The first-order valence-electron chi connectivity index (χ1n) is 7.21. The van der Waals surface area contributed by atoms with Crippen molar-refractivity contribution < 1.29 is 188 Å². The zero-order valence-electron chi connectivity index (χ0n) is 19.9. The number of aromatic amines is 2. The molecule has 0 aliphatic carbocycles. The Kier molecular flexibility index (Phi) is 84.9. The Balaban J connectivity index is -0.0000000241. The topological polar surface area (TPSA) is 613 Å². The molecule has 2 aromatic rings. The van der Waals surface area contributed by atoms with Gasteiger partial charge in [0.1, 0.15) is 11.4 Å². The van der Waals surface area contributed by atoms with Crippen LogP contribution in [0.25, 0.3) is 0 Å². The number of nitrogens with zero attached hydrogens (tertiary/aromatic N) is 2. The van der Waals surface area contributed by atoms with E-state index in [-0.39, 0.29) is 140 Å². The summed E-state index contributed by atoms with van der Waals surface area (Å²) in [7, 11) is 0. The van der Waals surface area contributed by atoms with Crippen molar-refractivity contribution in [1.29, 1.82) is 0 Å². The van der Waals surface area contributed by atoms with Gasteiger partial charge in [-0.05, 0) is 25.0 Å². The van der Waals surface area contributed by atoms with Crippen molar-refractivity contribution in [2.45, 2.75) is 12.8 Å². The Morgan fingerprint density at radius 2 is 0.690 bits per heavy atom. The molecule has 0 saturated heterocycles. The molecule has 0 saturated carbocycles. The Morgan fingerprint density at radius 1 is 0.476 bits per heavy atom. The summed E-state index contributed by atoms with van der Waals surface area (Å²) in [6.07, 6.45) is -0.940. The molecule has 2 heterocycles. The average Bonchev–Trinajstić information content (AvgIpc) is 3.31. The number of nitrogens with one attached hydrogen (secondary N) is 2. The van der Waals surface area contributed by atoms with Crippen LogP contribution < -0.4 is 30.6 Å². The van der Waals surface area contributed by atoms with Crippen LogP contribution in [-0.2, 0) is 9.59 Å². The van der Waals surface area contributed by atoms with Crippen molar-refractivity contribution in [3.05, 3.63) is 34.9 Å². The van der Waals surface area contributed by atoms with Crippen LogP contribution in [0, 0.1) is 73.7 Å². The van der Waals surface area contributed by atoms with Crippen molar-refractivity contribution in [2.75, 3.05) is 0 Å². The molecule has 0 unspecified atom stereocenters. The van der Waals surface area contributed by atoms with Gasteiger partial charge >= 0.3 is 73.7 Å². The first-order valence-corrected chi connectivity index (χ1v) is 7.21. The Bertz CT molecular complexity index is 833. The molecular formula is C14H28N4O22Tm2. The molecule has 0 radical (unpaired) electrons. The van der Waals surface area contributed by atoms with Gasteiger partial charge in [0.2, 0.25) is 0 Å². The Morgan fingerprint density at radius 3 is 0.786 bits per heavy atom. The monoisotopic (exact) mass is 942 g/mol. The van der Waals surface area contributed by atoms with Gasteiger partial charge in [0.25, 0.3) is 0 Å². The zero-order valence-corrected chi connectivity index (χ0v) is 23.5. The molecule has 262 valence electrons.